The van der Waals surface area contributed by atoms with Crippen molar-refractivity contribution in [2.45, 2.75) is 78.1 Å². The Bertz CT molecular complexity index is 944. The molecule has 1 saturated carbocycles. The van der Waals surface area contributed by atoms with Crippen molar-refractivity contribution in [3.8, 4) is 0 Å². The Morgan fingerprint density at radius 3 is 2.70 bits per heavy atom. The number of rotatable bonds is 7. The molecule has 0 bridgehead atoms. The summed E-state index contributed by atoms with van der Waals surface area (Å²) in [6.07, 6.45) is 12.0. The van der Waals surface area contributed by atoms with Crippen LogP contribution in [0.15, 0.2) is 66.0 Å². The van der Waals surface area contributed by atoms with Crippen molar-refractivity contribution >= 4 is 6.16 Å². The first-order chi connectivity index (χ1) is 15.8. The zero-order valence-corrected chi connectivity index (χ0v) is 20.3. The van der Waals surface area contributed by atoms with Gasteiger partial charge in [-0.25, -0.2) is 4.79 Å². The predicted molar refractivity (Wildman–Crippen MR) is 127 cm³/mol. The van der Waals surface area contributed by atoms with Gasteiger partial charge >= 0.3 is 6.16 Å². The van der Waals surface area contributed by atoms with Crippen LogP contribution in [0.3, 0.4) is 0 Å². The highest BCUT2D eigenvalue weighted by atomic mass is 16.8. The molecule has 0 unspecified atom stereocenters. The van der Waals surface area contributed by atoms with Gasteiger partial charge in [0.15, 0.2) is 11.4 Å². The third kappa shape index (κ3) is 4.41. The van der Waals surface area contributed by atoms with Crippen molar-refractivity contribution in [2.75, 3.05) is 6.79 Å². The standard InChI is InChI=1S/C28H36O5/c1-5-16-26(2,3)28-18-10-9-17-27(4)22(24(28)32-25(29)33-28)14-11-15-23(27)31-20-30-19-21-12-7-6-8-13-21/h5-10,12-13,16,23H,11,14-15,17-20H2,1-4H3/b10-9-,16-5+,24-22-/t23-,27-,28+/m0/s1. The molecule has 3 atom stereocenters. The van der Waals surface area contributed by atoms with Crippen LogP contribution in [0.25, 0.3) is 0 Å². The van der Waals surface area contributed by atoms with Gasteiger partial charge in [0.05, 0.1) is 12.7 Å². The highest BCUT2D eigenvalue weighted by Crippen LogP contribution is 2.56. The first-order valence-electron chi connectivity index (χ1n) is 12.0. The molecule has 0 amide bonds. The van der Waals surface area contributed by atoms with Gasteiger partial charge in [-0.1, -0.05) is 75.4 Å². The van der Waals surface area contributed by atoms with Crippen LogP contribution in [0.5, 0.6) is 0 Å². The number of ether oxygens (including phenoxy) is 4. The Kier molecular flexibility index (Phi) is 6.83. The van der Waals surface area contributed by atoms with E-state index in [9.17, 15) is 4.79 Å². The minimum atomic E-state index is -0.851. The van der Waals surface area contributed by atoms with Gasteiger partial charge in [0.1, 0.15) is 6.79 Å². The van der Waals surface area contributed by atoms with Gasteiger partial charge in [0, 0.05) is 17.3 Å². The molecule has 0 aromatic heterocycles. The number of hydrogen-bond donors (Lipinski definition) is 0. The Morgan fingerprint density at radius 2 is 1.94 bits per heavy atom. The van der Waals surface area contributed by atoms with E-state index in [1.165, 1.54) is 0 Å². The van der Waals surface area contributed by atoms with E-state index in [2.05, 4.69) is 39.0 Å². The summed E-state index contributed by atoms with van der Waals surface area (Å²) in [5.74, 6) is 0.695. The second kappa shape index (κ2) is 9.47. The highest BCUT2D eigenvalue weighted by molar-refractivity contribution is 5.68. The molecule has 1 aromatic rings. The van der Waals surface area contributed by atoms with E-state index in [0.29, 0.717) is 18.8 Å². The molecule has 2 aliphatic carbocycles. The van der Waals surface area contributed by atoms with Crippen LogP contribution < -0.4 is 0 Å². The molecule has 4 rings (SSSR count). The topological polar surface area (TPSA) is 54.0 Å². The number of hydrogen-bond acceptors (Lipinski definition) is 5. The molecular formula is C28H36O5. The van der Waals surface area contributed by atoms with Gasteiger partial charge < -0.3 is 18.9 Å². The fourth-order valence-corrected chi connectivity index (χ4v) is 5.65. The lowest BCUT2D eigenvalue weighted by Crippen LogP contribution is -2.48. The van der Waals surface area contributed by atoms with Crippen molar-refractivity contribution in [1.82, 2.24) is 0 Å². The number of benzene rings is 1. The van der Waals surface area contributed by atoms with Crippen molar-refractivity contribution in [3.63, 3.8) is 0 Å². The maximum atomic E-state index is 12.5. The van der Waals surface area contributed by atoms with Gasteiger partial charge in [-0.05, 0) is 43.7 Å². The normalized spacial score (nSPS) is 33.0. The van der Waals surface area contributed by atoms with Crippen molar-refractivity contribution in [2.24, 2.45) is 10.8 Å². The zero-order chi connectivity index (χ0) is 23.5. The first kappa shape index (κ1) is 23.8. The lowest BCUT2D eigenvalue weighted by atomic mass is 9.61. The molecule has 1 aromatic carbocycles. The molecule has 5 nitrogen and oxygen atoms in total. The molecule has 1 heterocycles. The molecule has 0 spiro atoms. The zero-order valence-electron chi connectivity index (χ0n) is 20.3. The molecular weight excluding hydrogens is 416 g/mol. The lowest BCUT2D eigenvalue weighted by Gasteiger charge is -2.47. The summed E-state index contributed by atoms with van der Waals surface area (Å²) in [5, 5.41) is 0. The Morgan fingerprint density at radius 1 is 1.18 bits per heavy atom. The monoisotopic (exact) mass is 452 g/mol. The maximum Gasteiger partial charge on any atom is 0.514 e. The second-order valence-electron chi connectivity index (χ2n) is 10.1. The molecule has 1 aliphatic heterocycles. The predicted octanol–water partition coefficient (Wildman–Crippen LogP) is 6.85. The summed E-state index contributed by atoms with van der Waals surface area (Å²) in [6, 6.07) is 10.1. The third-order valence-electron chi connectivity index (χ3n) is 7.58. The fraction of sp³-hybridized carbons (Fsp3) is 0.536. The lowest BCUT2D eigenvalue weighted by molar-refractivity contribution is -0.133. The summed E-state index contributed by atoms with van der Waals surface area (Å²) in [5.41, 5.74) is 0.695. The summed E-state index contributed by atoms with van der Waals surface area (Å²) in [4.78, 5) is 12.5. The van der Waals surface area contributed by atoms with Crippen LogP contribution in [-0.2, 0) is 25.6 Å². The smallest absolute Gasteiger partial charge is 0.418 e. The molecule has 0 N–H and O–H groups in total. The van der Waals surface area contributed by atoms with Gasteiger partial charge in [0.2, 0.25) is 0 Å². The van der Waals surface area contributed by atoms with E-state index in [4.69, 9.17) is 18.9 Å². The van der Waals surface area contributed by atoms with Crippen LogP contribution in [0.2, 0.25) is 0 Å². The molecule has 2 fully saturated rings. The van der Waals surface area contributed by atoms with Crippen LogP contribution >= 0.6 is 0 Å². The number of carbonyl (C=O) groups is 1. The van der Waals surface area contributed by atoms with Crippen molar-refractivity contribution in [3.05, 3.63) is 71.5 Å². The average Bonchev–Trinajstić information content (AvgIpc) is 3.12. The summed E-state index contributed by atoms with van der Waals surface area (Å²) >= 11 is 0. The third-order valence-corrected chi connectivity index (χ3v) is 7.58. The molecule has 1 saturated heterocycles. The summed E-state index contributed by atoms with van der Waals surface area (Å²) in [6.45, 7) is 9.18. The van der Waals surface area contributed by atoms with E-state index in [0.717, 1.165) is 36.8 Å². The molecule has 5 heteroatoms. The Labute approximate surface area is 197 Å². The van der Waals surface area contributed by atoms with E-state index < -0.39 is 17.2 Å². The molecule has 3 aliphatic rings. The fourth-order valence-electron chi connectivity index (χ4n) is 5.65. The van der Waals surface area contributed by atoms with Crippen LogP contribution in [-0.4, -0.2) is 24.7 Å². The van der Waals surface area contributed by atoms with E-state index in [1.54, 1.807) is 0 Å². The number of fused-ring (bicyclic) bond motifs is 2. The Hall–Kier alpha value is -2.37. The molecule has 0 radical (unpaired) electrons. The van der Waals surface area contributed by atoms with Crippen LogP contribution in [0.4, 0.5) is 4.79 Å². The first-order valence-corrected chi connectivity index (χ1v) is 12.0. The minimum Gasteiger partial charge on any atom is -0.418 e. The summed E-state index contributed by atoms with van der Waals surface area (Å²) in [7, 11) is 0. The van der Waals surface area contributed by atoms with Crippen LogP contribution in [0.1, 0.15) is 65.4 Å². The van der Waals surface area contributed by atoms with E-state index in [-0.39, 0.29) is 18.3 Å². The minimum absolute atomic E-state index is 0.0332. The molecule has 178 valence electrons. The van der Waals surface area contributed by atoms with Gasteiger partial charge in [-0.3, -0.25) is 0 Å². The van der Waals surface area contributed by atoms with Gasteiger partial charge in [-0.15, -0.1) is 0 Å². The summed E-state index contributed by atoms with van der Waals surface area (Å²) < 4.78 is 24.0. The second-order valence-corrected chi connectivity index (χ2v) is 10.1. The van der Waals surface area contributed by atoms with Gasteiger partial charge in [0.25, 0.3) is 0 Å². The van der Waals surface area contributed by atoms with E-state index in [1.807, 2.05) is 43.3 Å². The maximum absolute atomic E-state index is 12.5. The number of carbonyl (C=O) groups excluding carboxylic acids is 1. The number of allylic oxidation sites excluding steroid dienone is 2. The highest BCUT2D eigenvalue weighted by Gasteiger charge is 2.59. The van der Waals surface area contributed by atoms with Crippen LogP contribution in [0, 0.1) is 10.8 Å². The Balaban J connectivity index is 1.62. The molecule has 33 heavy (non-hydrogen) atoms. The van der Waals surface area contributed by atoms with E-state index >= 15 is 0 Å². The van der Waals surface area contributed by atoms with Gasteiger partial charge in [-0.2, -0.15) is 0 Å². The average molecular weight is 453 g/mol. The van der Waals surface area contributed by atoms with Crippen molar-refractivity contribution < 1.29 is 23.7 Å². The quantitative estimate of drug-likeness (QED) is 0.196. The SMILES string of the molecule is C/C=C/C(C)(C)[C@@]12C/C=C\C[C@@]3(C)/C(=C/1OC(=O)O2)CCC[C@@H]3OCOCc1ccccc1. The largest absolute Gasteiger partial charge is 0.514 e. The van der Waals surface area contributed by atoms with Crippen molar-refractivity contribution in [1.29, 1.82) is 0 Å².